The van der Waals surface area contributed by atoms with Gasteiger partial charge in [-0.2, -0.15) is 13.2 Å². The fourth-order valence-corrected chi connectivity index (χ4v) is 2.88. The first-order valence-corrected chi connectivity index (χ1v) is 8.05. The van der Waals surface area contributed by atoms with E-state index in [4.69, 9.17) is 5.11 Å². The summed E-state index contributed by atoms with van der Waals surface area (Å²) in [5.41, 5.74) is -1.54. The molecule has 2 N–H and O–H groups in total. The van der Waals surface area contributed by atoms with Crippen molar-refractivity contribution < 1.29 is 27.9 Å². The Hall–Kier alpha value is -3.17. The molecular weight excluding hydrogens is 365 g/mol. The van der Waals surface area contributed by atoms with Crippen LogP contribution in [0.2, 0.25) is 0 Å². The summed E-state index contributed by atoms with van der Waals surface area (Å²) < 4.78 is 39.3. The molecule has 0 saturated carbocycles. The van der Waals surface area contributed by atoms with Crippen LogP contribution in [-0.4, -0.2) is 51.2 Å². The second-order valence-electron chi connectivity index (χ2n) is 6.03. The summed E-state index contributed by atoms with van der Waals surface area (Å²) in [6, 6.07) is 7.20. The maximum absolute atomic E-state index is 13.1. The summed E-state index contributed by atoms with van der Waals surface area (Å²) in [6.45, 7) is 0.497. The van der Waals surface area contributed by atoms with Gasteiger partial charge >= 0.3 is 12.1 Å². The number of carbonyl (C=O) groups excluding carboxylic acids is 1. The number of alkyl halides is 3. The normalized spacial score (nSPS) is 17.0. The number of nitrogens with one attached hydrogen (secondary N) is 1. The third kappa shape index (κ3) is 4.15. The zero-order valence-corrected chi connectivity index (χ0v) is 13.9. The molecule has 1 atom stereocenters. The topological polar surface area (TPSA) is 95.4 Å². The van der Waals surface area contributed by atoms with Gasteiger partial charge in [0, 0.05) is 19.1 Å². The highest BCUT2D eigenvalue weighted by Crippen LogP contribution is 2.32. The Morgan fingerprint density at radius 1 is 1.15 bits per heavy atom. The monoisotopic (exact) mass is 380 g/mol. The number of carboxylic acids is 1. The minimum atomic E-state index is -4.61. The molecule has 2 aromatic rings. The predicted octanol–water partition coefficient (Wildman–Crippen LogP) is 2.52. The molecule has 1 fully saturated rings. The van der Waals surface area contributed by atoms with E-state index in [-0.39, 0.29) is 23.8 Å². The van der Waals surface area contributed by atoms with Crippen LogP contribution in [0.5, 0.6) is 0 Å². The number of rotatable bonds is 4. The van der Waals surface area contributed by atoms with Gasteiger partial charge in [0.05, 0.1) is 11.1 Å². The van der Waals surface area contributed by atoms with Crippen molar-refractivity contribution in [3.05, 3.63) is 53.2 Å². The van der Waals surface area contributed by atoms with Gasteiger partial charge in [0.1, 0.15) is 5.82 Å². The Kier molecular flexibility index (Phi) is 4.98. The van der Waals surface area contributed by atoms with Crippen molar-refractivity contribution in [2.24, 2.45) is 0 Å². The third-order valence-electron chi connectivity index (χ3n) is 4.17. The summed E-state index contributed by atoms with van der Waals surface area (Å²) in [5.74, 6) is -1.55. The number of halogens is 3. The number of anilines is 1. The minimum Gasteiger partial charge on any atom is -0.476 e. The van der Waals surface area contributed by atoms with Crippen LogP contribution in [0.1, 0.15) is 32.8 Å². The van der Waals surface area contributed by atoms with Gasteiger partial charge in [0.2, 0.25) is 0 Å². The minimum absolute atomic E-state index is 0.201. The summed E-state index contributed by atoms with van der Waals surface area (Å²) in [4.78, 5) is 24.6. The van der Waals surface area contributed by atoms with Crippen LogP contribution in [0.4, 0.5) is 19.0 Å². The van der Waals surface area contributed by atoms with Gasteiger partial charge in [-0.05, 0) is 30.7 Å². The number of hydrogen-bond acceptors (Lipinski definition) is 5. The Morgan fingerprint density at radius 2 is 1.89 bits per heavy atom. The second-order valence-corrected chi connectivity index (χ2v) is 6.03. The SMILES string of the molecule is O=C(O)c1ccc(NC2CCN(C(=O)c3ccccc3C(F)(F)F)C2)nn1. The number of carboxylic acid groups (broad SMARTS) is 1. The van der Waals surface area contributed by atoms with Crippen molar-refractivity contribution in [2.45, 2.75) is 18.6 Å². The van der Waals surface area contributed by atoms with Crippen molar-refractivity contribution in [3.8, 4) is 0 Å². The second kappa shape index (κ2) is 7.22. The molecule has 0 spiro atoms. The van der Waals surface area contributed by atoms with E-state index in [2.05, 4.69) is 15.5 Å². The van der Waals surface area contributed by atoms with Crippen LogP contribution in [-0.2, 0) is 6.18 Å². The van der Waals surface area contributed by atoms with E-state index in [1.807, 2.05) is 0 Å². The van der Waals surface area contributed by atoms with Gasteiger partial charge in [-0.1, -0.05) is 12.1 Å². The van der Waals surface area contributed by atoms with Crippen LogP contribution in [0.15, 0.2) is 36.4 Å². The lowest BCUT2D eigenvalue weighted by molar-refractivity contribution is -0.138. The molecule has 0 bridgehead atoms. The maximum atomic E-state index is 13.1. The van der Waals surface area contributed by atoms with Crippen LogP contribution < -0.4 is 5.32 Å². The van der Waals surface area contributed by atoms with Gasteiger partial charge in [-0.3, -0.25) is 4.79 Å². The van der Waals surface area contributed by atoms with E-state index in [1.54, 1.807) is 0 Å². The summed E-state index contributed by atoms with van der Waals surface area (Å²) in [6.07, 6.45) is -4.09. The lowest BCUT2D eigenvalue weighted by atomic mass is 10.1. The maximum Gasteiger partial charge on any atom is 0.417 e. The number of likely N-dealkylation sites (tertiary alicyclic amines) is 1. The quantitative estimate of drug-likeness (QED) is 0.846. The number of benzene rings is 1. The molecule has 1 unspecified atom stereocenters. The molecule has 2 heterocycles. The number of amides is 1. The molecule has 1 saturated heterocycles. The molecule has 1 aliphatic heterocycles. The zero-order valence-electron chi connectivity index (χ0n) is 13.9. The third-order valence-corrected chi connectivity index (χ3v) is 4.17. The summed E-state index contributed by atoms with van der Waals surface area (Å²) in [7, 11) is 0. The average molecular weight is 380 g/mol. The van der Waals surface area contributed by atoms with Gasteiger partial charge in [0.15, 0.2) is 5.69 Å². The molecular formula is C17H15F3N4O3. The van der Waals surface area contributed by atoms with Crippen molar-refractivity contribution in [3.63, 3.8) is 0 Å². The Bertz CT molecular complexity index is 855. The zero-order chi connectivity index (χ0) is 19.6. The summed E-state index contributed by atoms with van der Waals surface area (Å²) >= 11 is 0. The first-order chi connectivity index (χ1) is 12.8. The number of hydrogen-bond donors (Lipinski definition) is 2. The molecule has 27 heavy (non-hydrogen) atoms. The number of nitrogens with zero attached hydrogens (tertiary/aromatic N) is 3. The van der Waals surface area contributed by atoms with E-state index in [0.717, 1.165) is 6.07 Å². The van der Waals surface area contributed by atoms with E-state index >= 15 is 0 Å². The van der Waals surface area contributed by atoms with Crippen molar-refractivity contribution in [1.82, 2.24) is 15.1 Å². The number of aromatic nitrogens is 2. The van der Waals surface area contributed by atoms with Crippen molar-refractivity contribution >= 4 is 17.7 Å². The molecule has 1 aromatic carbocycles. The molecule has 7 nitrogen and oxygen atoms in total. The molecule has 1 aromatic heterocycles. The highest BCUT2D eigenvalue weighted by molar-refractivity contribution is 5.96. The average Bonchev–Trinajstić information content (AvgIpc) is 3.09. The van der Waals surface area contributed by atoms with Crippen molar-refractivity contribution in [2.75, 3.05) is 18.4 Å². The first kappa shape index (κ1) is 18.6. The van der Waals surface area contributed by atoms with Crippen LogP contribution in [0.3, 0.4) is 0 Å². The smallest absolute Gasteiger partial charge is 0.417 e. The lowest BCUT2D eigenvalue weighted by Crippen LogP contribution is -2.33. The molecule has 0 radical (unpaired) electrons. The predicted molar refractivity (Wildman–Crippen MR) is 88.4 cm³/mol. The largest absolute Gasteiger partial charge is 0.476 e. The summed E-state index contributed by atoms with van der Waals surface area (Å²) in [5, 5.41) is 19.1. The van der Waals surface area contributed by atoms with Crippen LogP contribution in [0, 0.1) is 0 Å². The Labute approximate surface area is 151 Å². The molecule has 1 aliphatic rings. The van der Waals surface area contributed by atoms with E-state index in [1.165, 1.54) is 35.2 Å². The standard InChI is InChI=1S/C17H15F3N4O3/c18-17(19,20)12-4-2-1-3-11(12)15(25)24-8-7-10(9-24)21-14-6-5-13(16(26)27)22-23-14/h1-6,10H,7-9H2,(H,21,23)(H,26,27). The van der Waals surface area contributed by atoms with E-state index < -0.39 is 23.6 Å². The van der Waals surface area contributed by atoms with E-state index in [9.17, 15) is 22.8 Å². The van der Waals surface area contributed by atoms with Gasteiger partial charge in [-0.15, -0.1) is 10.2 Å². The van der Waals surface area contributed by atoms with Crippen LogP contribution >= 0.6 is 0 Å². The van der Waals surface area contributed by atoms with E-state index in [0.29, 0.717) is 18.8 Å². The fraction of sp³-hybridized carbons (Fsp3) is 0.294. The molecule has 142 valence electrons. The number of carbonyl (C=O) groups is 2. The van der Waals surface area contributed by atoms with Crippen LogP contribution in [0.25, 0.3) is 0 Å². The van der Waals surface area contributed by atoms with Gasteiger partial charge < -0.3 is 15.3 Å². The Balaban J connectivity index is 1.68. The lowest BCUT2D eigenvalue weighted by Gasteiger charge is -2.20. The van der Waals surface area contributed by atoms with Gasteiger partial charge in [0.25, 0.3) is 5.91 Å². The molecule has 3 rings (SSSR count). The van der Waals surface area contributed by atoms with Crippen molar-refractivity contribution in [1.29, 1.82) is 0 Å². The first-order valence-electron chi connectivity index (χ1n) is 8.05. The number of aromatic carboxylic acids is 1. The highest BCUT2D eigenvalue weighted by atomic mass is 19.4. The highest BCUT2D eigenvalue weighted by Gasteiger charge is 2.37. The Morgan fingerprint density at radius 3 is 2.52 bits per heavy atom. The molecule has 0 aliphatic carbocycles. The fourth-order valence-electron chi connectivity index (χ4n) is 2.88. The van der Waals surface area contributed by atoms with Gasteiger partial charge in [-0.25, -0.2) is 4.79 Å². The molecule has 1 amide bonds. The molecule has 10 heteroatoms.